The lowest BCUT2D eigenvalue weighted by Gasteiger charge is -2.30. The Bertz CT molecular complexity index is 1270. The first-order valence-electron chi connectivity index (χ1n) is 11.0. The normalized spacial score (nSPS) is 15.4. The summed E-state index contributed by atoms with van der Waals surface area (Å²) in [7, 11) is -3.53. The summed E-state index contributed by atoms with van der Waals surface area (Å²) < 4.78 is 29.1. The Morgan fingerprint density at radius 3 is 2.44 bits per heavy atom. The largest absolute Gasteiger partial charge is 0.352 e. The van der Waals surface area contributed by atoms with Crippen molar-refractivity contribution in [3.8, 4) is 5.69 Å². The maximum atomic E-state index is 12.8. The Hall–Kier alpha value is -2.39. The predicted molar refractivity (Wildman–Crippen MR) is 134 cm³/mol. The topological polar surface area (TPSA) is 84.3 Å². The highest BCUT2D eigenvalue weighted by atomic mass is 35.5. The summed E-state index contributed by atoms with van der Waals surface area (Å²) >= 11 is 12.0. The summed E-state index contributed by atoms with van der Waals surface area (Å²) in [5.74, 6) is 0.463. The van der Waals surface area contributed by atoms with Gasteiger partial charge in [-0.25, -0.2) is 17.7 Å². The third-order valence-corrected chi connectivity index (χ3v) is 8.49. The Morgan fingerprint density at radius 2 is 1.82 bits per heavy atom. The van der Waals surface area contributed by atoms with Crippen LogP contribution in [0.5, 0.6) is 0 Å². The van der Waals surface area contributed by atoms with Gasteiger partial charge < -0.3 is 9.88 Å². The first kappa shape index (κ1) is 24.7. The van der Waals surface area contributed by atoms with E-state index in [1.54, 1.807) is 18.3 Å². The average Bonchev–Trinajstić information content (AvgIpc) is 3.25. The molecule has 0 aliphatic carbocycles. The standard InChI is InChI=1S/C24H26Cl2N4O3S/c1-17-27-10-13-30(17)22-6-2-18(3-7-22)15-28-24(31)19-8-11-29(12-9-19)34(32,33)16-20-4-5-21(25)14-23(20)26/h2-7,10,13-14,19H,8-9,11-12,15-16H2,1H3,(H,28,31). The van der Waals surface area contributed by atoms with E-state index in [0.29, 0.717) is 48.1 Å². The maximum absolute atomic E-state index is 12.8. The number of halogens is 2. The van der Waals surface area contributed by atoms with Gasteiger partial charge in [0.2, 0.25) is 15.9 Å². The molecule has 180 valence electrons. The van der Waals surface area contributed by atoms with Crippen molar-refractivity contribution in [1.29, 1.82) is 0 Å². The van der Waals surface area contributed by atoms with Crippen LogP contribution in [0.3, 0.4) is 0 Å². The zero-order valence-corrected chi connectivity index (χ0v) is 21.1. The Labute approximate surface area is 209 Å². The fourth-order valence-electron chi connectivity index (χ4n) is 4.08. The molecule has 10 heteroatoms. The average molecular weight is 521 g/mol. The maximum Gasteiger partial charge on any atom is 0.223 e. The van der Waals surface area contributed by atoms with E-state index in [9.17, 15) is 13.2 Å². The third-order valence-electron chi connectivity index (χ3n) is 6.08. The zero-order valence-electron chi connectivity index (χ0n) is 18.7. The SMILES string of the molecule is Cc1nccn1-c1ccc(CNC(=O)C2CCN(S(=O)(=O)Cc3ccc(Cl)cc3Cl)CC2)cc1. The van der Waals surface area contributed by atoms with Crippen molar-refractivity contribution in [3.05, 3.63) is 81.9 Å². The molecule has 7 nitrogen and oxygen atoms in total. The number of hydrogen-bond acceptors (Lipinski definition) is 4. The first-order valence-corrected chi connectivity index (χ1v) is 13.4. The number of amides is 1. The molecule has 0 bridgehead atoms. The number of imidazole rings is 1. The monoisotopic (exact) mass is 520 g/mol. The highest BCUT2D eigenvalue weighted by Gasteiger charge is 2.31. The molecule has 0 unspecified atom stereocenters. The Kier molecular flexibility index (Phi) is 7.62. The summed E-state index contributed by atoms with van der Waals surface area (Å²) in [6.45, 7) is 2.99. The number of hydrogen-bond donors (Lipinski definition) is 1. The Morgan fingerprint density at radius 1 is 1.12 bits per heavy atom. The summed E-state index contributed by atoms with van der Waals surface area (Å²) in [6.07, 6.45) is 4.63. The van der Waals surface area contributed by atoms with Gasteiger partial charge in [-0.15, -0.1) is 0 Å². The smallest absolute Gasteiger partial charge is 0.223 e. The Balaban J connectivity index is 1.27. The van der Waals surface area contributed by atoms with Gasteiger partial charge in [0.15, 0.2) is 0 Å². The molecule has 0 spiro atoms. The second-order valence-electron chi connectivity index (χ2n) is 8.39. The van der Waals surface area contributed by atoms with Crippen LogP contribution >= 0.6 is 23.2 Å². The molecule has 1 aliphatic rings. The van der Waals surface area contributed by atoms with Gasteiger partial charge in [-0.2, -0.15) is 0 Å². The van der Waals surface area contributed by atoms with Gasteiger partial charge in [-0.05, 0) is 55.2 Å². The molecule has 0 radical (unpaired) electrons. The second kappa shape index (κ2) is 10.5. The highest BCUT2D eigenvalue weighted by Crippen LogP contribution is 2.26. The minimum atomic E-state index is -3.53. The van der Waals surface area contributed by atoms with Gasteiger partial charge in [0.25, 0.3) is 0 Å². The van der Waals surface area contributed by atoms with Gasteiger partial charge in [0, 0.05) is 53.7 Å². The van der Waals surface area contributed by atoms with E-state index >= 15 is 0 Å². The van der Waals surface area contributed by atoms with Crippen LogP contribution in [0.15, 0.2) is 54.9 Å². The van der Waals surface area contributed by atoms with Crippen LogP contribution < -0.4 is 5.32 Å². The van der Waals surface area contributed by atoms with Gasteiger partial charge in [0.1, 0.15) is 5.82 Å². The van der Waals surface area contributed by atoms with Crippen molar-refractivity contribution in [2.75, 3.05) is 13.1 Å². The number of nitrogens with one attached hydrogen (secondary N) is 1. The van der Waals surface area contributed by atoms with Gasteiger partial charge in [0.05, 0.1) is 5.75 Å². The molecule has 1 aliphatic heterocycles. The number of piperidine rings is 1. The number of benzene rings is 2. The van der Waals surface area contributed by atoms with Gasteiger partial charge in [-0.1, -0.05) is 41.4 Å². The number of carbonyl (C=O) groups excluding carboxylic acids is 1. The van der Waals surface area contributed by atoms with Crippen LogP contribution in [0.2, 0.25) is 10.0 Å². The van der Waals surface area contributed by atoms with Crippen molar-refractivity contribution in [1.82, 2.24) is 19.2 Å². The molecule has 1 N–H and O–H groups in total. The molecule has 34 heavy (non-hydrogen) atoms. The first-order chi connectivity index (χ1) is 16.2. The van der Waals surface area contributed by atoms with Crippen LogP contribution in [-0.4, -0.2) is 41.3 Å². The van der Waals surface area contributed by atoms with Crippen LogP contribution in [0, 0.1) is 12.8 Å². The summed E-state index contributed by atoms with van der Waals surface area (Å²) in [5.41, 5.74) is 2.52. The second-order valence-corrected chi connectivity index (χ2v) is 11.2. The quantitative estimate of drug-likeness (QED) is 0.501. The summed E-state index contributed by atoms with van der Waals surface area (Å²) in [4.78, 5) is 16.9. The molecule has 1 amide bonds. The van der Waals surface area contributed by atoms with E-state index in [1.807, 2.05) is 42.0 Å². The van der Waals surface area contributed by atoms with Crippen LogP contribution in [0.25, 0.3) is 5.69 Å². The van der Waals surface area contributed by atoms with Crippen LogP contribution in [0.4, 0.5) is 0 Å². The minimum Gasteiger partial charge on any atom is -0.352 e. The van der Waals surface area contributed by atoms with Crippen molar-refractivity contribution in [2.24, 2.45) is 5.92 Å². The van der Waals surface area contributed by atoms with E-state index in [4.69, 9.17) is 23.2 Å². The van der Waals surface area contributed by atoms with Crippen LogP contribution in [-0.2, 0) is 27.1 Å². The lowest BCUT2D eigenvalue weighted by atomic mass is 9.97. The van der Waals surface area contributed by atoms with Crippen molar-refractivity contribution >= 4 is 39.1 Å². The molecule has 1 fully saturated rings. The van der Waals surface area contributed by atoms with Gasteiger partial charge >= 0.3 is 0 Å². The number of rotatable bonds is 7. The lowest BCUT2D eigenvalue weighted by molar-refractivity contribution is -0.126. The molecule has 4 rings (SSSR count). The third kappa shape index (κ3) is 5.81. The number of aryl methyl sites for hydroxylation is 1. The van der Waals surface area contributed by atoms with Crippen molar-refractivity contribution in [2.45, 2.75) is 32.1 Å². The molecule has 1 aromatic heterocycles. The molecular formula is C24H26Cl2N4O3S. The molecule has 3 aromatic rings. The molecule has 2 heterocycles. The lowest BCUT2D eigenvalue weighted by Crippen LogP contribution is -2.43. The van der Waals surface area contributed by atoms with E-state index in [1.165, 1.54) is 10.4 Å². The predicted octanol–water partition coefficient (Wildman–Crippen LogP) is 4.35. The molecule has 2 aromatic carbocycles. The van der Waals surface area contributed by atoms with E-state index in [0.717, 1.165) is 17.1 Å². The minimum absolute atomic E-state index is 0.0488. The molecule has 1 saturated heterocycles. The van der Waals surface area contributed by atoms with Gasteiger partial charge in [-0.3, -0.25) is 4.79 Å². The fourth-order valence-corrected chi connectivity index (χ4v) is 6.23. The molecular weight excluding hydrogens is 495 g/mol. The number of nitrogens with zero attached hydrogens (tertiary/aromatic N) is 3. The number of aromatic nitrogens is 2. The highest BCUT2D eigenvalue weighted by molar-refractivity contribution is 7.88. The zero-order chi connectivity index (χ0) is 24.3. The van der Waals surface area contributed by atoms with E-state index in [-0.39, 0.29) is 17.6 Å². The number of carbonyl (C=O) groups is 1. The van der Waals surface area contributed by atoms with Crippen molar-refractivity contribution in [3.63, 3.8) is 0 Å². The van der Waals surface area contributed by atoms with E-state index in [2.05, 4.69) is 10.3 Å². The van der Waals surface area contributed by atoms with Crippen LogP contribution in [0.1, 0.15) is 29.8 Å². The van der Waals surface area contributed by atoms with E-state index < -0.39 is 10.0 Å². The fraction of sp³-hybridized carbons (Fsp3) is 0.333. The molecule has 0 saturated carbocycles. The number of sulfonamides is 1. The molecule has 0 atom stereocenters. The summed E-state index contributed by atoms with van der Waals surface area (Å²) in [5, 5.41) is 3.78. The van der Waals surface area contributed by atoms with Crippen molar-refractivity contribution < 1.29 is 13.2 Å². The summed E-state index contributed by atoms with van der Waals surface area (Å²) in [6, 6.07) is 12.7.